The lowest BCUT2D eigenvalue weighted by Crippen LogP contribution is -2.42. The smallest absolute Gasteiger partial charge is 0.313 e. The Labute approximate surface area is 154 Å². The molecule has 0 bridgehead atoms. The molecule has 0 radical (unpaired) electrons. The number of hydrogen-bond donors (Lipinski definition) is 2. The number of carbonyl (C=O) groups is 2. The summed E-state index contributed by atoms with van der Waals surface area (Å²) in [5.74, 6) is -1.17. The fourth-order valence-corrected chi connectivity index (χ4v) is 5.12. The van der Waals surface area contributed by atoms with E-state index in [1.54, 1.807) is 24.3 Å². The van der Waals surface area contributed by atoms with Gasteiger partial charge in [0.25, 0.3) is 0 Å². The third-order valence-corrected chi connectivity index (χ3v) is 6.78. The molecule has 0 unspecified atom stereocenters. The van der Waals surface area contributed by atoms with Crippen LogP contribution in [-0.4, -0.2) is 38.6 Å². The molecule has 1 saturated carbocycles. The number of carbonyl (C=O) groups excluding carboxylic acids is 2. The van der Waals surface area contributed by atoms with Gasteiger partial charge in [0.1, 0.15) is 0 Å². The lowest BCUT2D eigenvalue weighted by atomic mass is 9.95. The number of rotatable bonds is 3. The van der Waals surface area contributed by atoms with Gasteiger partial charge >= 0.3 is 11.8 Å². The zero-order chi connectivity index (χ0) is 18.6. The van der Waals surface area contributed by atoms with E-state index in [-0.39, 0.29) is 11.8 Å². The van der Waals surface area contributed by atoms with E-state index in [0.29, 0.717) is 24.3 Å². The summed E-state index contributed by atoms with van der Waals surface area (Å²) in [6.45, 7) is 0.470. The summed E-state index contributed by atoms with van der Waals surface area (Å²) in [6, 6.07) is 6.61. The van der Waals surface area contributed by atoms with E-state index < -0.39 is 21.8 Å². The van der Waals surface area contributed by atoms with Crippen LogP contribution in [0.25, 0.3) is 0 Å². The number of hydrogen-bond acceptors (Lipinski definition) is 4. The quantitative estimate of drug-likeness (QED) is 0.785. The molecule has 8 heteroatoms. The van der Waals surface area contributed by atoms with Crippen LogP contribution in [0.4, 0.5) is 11.4 Å². The molecule has 1 saturated heterocycles. The lowest BCUT2D eigenvalue weighted by Gasteiger charge is -2.28. The highest BCUT2D eigenvalue weighted by molar-refractivity contribution is 7.92. The van der Waals surface area contributed by atoms with E-state index in [0.717, 1.165) is 32.1 Å². The van der Waals surface area contributed by atoms with E-state index >= 15 is 0 Å². The predicted octanol–water partition coefficient (Wildman–Crippen LogP) is 2.00. The second-order valence-electron chi connectivity index (χ2n) is 6.90. The molecule has 1 aliphatic carbocycles. The summed E-state index contributed by atoms with van der Waals surface area (Å²) < 4.78 is 25.7. The SMILES string of the molecule is O=C(Nc1ccc(N2CCCCS2(=O)=O)cc1)C(=O)NC1CCCCC1. The van der Waals surface area contributed by atoms with Gasteiger partial charge in [0.05, 0.1) is 11.4 Å². The number of anilines is 2. The fraction of sp³-hybridized carbons (Fsp3) is 0.556. The molecule has 0 aromatic heterocycles. The number of benzene rings is 1. The second kappa shape index (κ2) is 8.07. The standard InChI is InChI=1S/C18H25N3O4S/c22-17(19-14-6-2-1-3-7-14)18(23)20-15-8-10-16(11-9-15)21-12-4-5-13-26(21,24)25/h8-11,14H,1-7,12-13H2,(H,19,22)(H,20,23). The molecule has 2 fully saturated rings. The number of nitrogens with zero attached hydrogens (tertiary/aromatic N) is 1. The van der Waals surface area contributed by atoms with Gasteiger partial charge in [-0.2, -0.15) is 0 Å². The van der Waals surface area contributed by atoms with Crippen LogP contribution in [0.5, 0.6) is 0 Å². The molecule has 1 aromatic rings. The van der Waals surface area contributed by atoms with Crippen molar-refractivity contribution in [2.45, 2.75) is 51.0 Å². The van der Waals surface area contributed by atoms with E-state index in [2.05, 4.69) is 10.6 Å². The number of nitrogens with one attached hydrogen (secondary N) is 2. The maximum atomic E-state index is 12.1. The monoisotopic (exact) mass is 379 g/mol. The molecule has 1 aromatic carbocycles. The van der Waals surface area contributed by atoms with E-state index in [9.17, 15) is 18.0 Å². The van der Waals surface area contributed by atoms with Gasteiger partial charge in [-0.25, -0.2) is 8.42 Å². The normalized spacial score (nSPS) is 20.4. The average molecular weight is 379 g/mol. The van der Waals surface area contributed by atoms with Crippen LogP contribution in [-0.2, 0) is 19.6 Å². The zero-order valence-corrected chi connectivity index (χ0v) is 15.6. The van der Waals surface area contributed by atoms with Crippen molar-refractivity contribution in [3.05, 3.63) is 24.3 Å². The second-order valence-corrected chi connectivity index (χ2v) is 8.92. The van der Waals surface area contributed by atoms with Crippen LogP contribution in [0, 0.1) is 0 Å². The summed E-state index contributed by atoms with van der Waals surface area (Å²) in [4.78, 5) is 24.1. The fourth-order valence-electron chi connectivity index (χ4n) is 3.48. The summed E-state index contributed by atoms with van der Waals surface area (Å²) in [5.41, 5.74) is 1.04. The molecule has 1 aliphatic heterocycles. The molecule has 2 N–H and O–H groups in total. The van der Waals surface area contributed by atoms with Gasteiger partial charge in [0.15, 0.2) is 0 Å². The summed E-state index contributed by atoms with van der Waals surface area (Å²) in [7, 11) is -3.26. The highest BCUT2D eigenvalue weighted by Crippen LogP contribution is 2.25. The Balaban J connectivity index is 1.58. The summed E-state index contributed by atoms with van der Waals surface area (Å²) in [6.07, 6.45) is 6.68. The van der Waals surface area contributed by atoms with Crippen molar-refractivity contribution in [1.82, 2.24) is 5.32 Å². The van der Waals surface area contributed by atoms with Crippen molar-refractivity contribution >= 4 is 33.2 Å². The van der Waals surface area contributed by atoms with Gasteiger partial charge in [0.2, 0.25) is 10.0 Å². The van der Waals surface area contributed by atoms with Gasteiger partial charge < -0.3 is 10.6 Å². The van der Waals surface area contributed by atoms with Gasteiger partial charge in [-0.1, -0.05) is 19.3 Å². The summed E-state index contributed by atoms with van der Waals surface area (Å²) in [5, 5.41) is 5.34. The third kappa shape index (κ3) is 4.55. The predicted molar refractivity (Wildman–Crippen MR) is 100 cm³/mol. The Morgan fingerprint density at radius 2 is 1.62 bits per heavy atom. The largest absolute Gasteiger partial charge is 0.345 e. The average Bonchev–Trinajstić information content (AvgIpc) is 2.63. The Morgan fingerprint density at radius 3 is 2.27 bits per heavy atom. The minimum absolute atomic E-state index is 0.0775. The van der Waals surface area contributed by atoms with E-state index in [1.165, 1.54) is 10.7 Å². The molecule has 3 rings (SSSR count). The molecule has 0 atom stereocenters. The number of sulfonamides is 1. The molecule has 26 heavy (non-hydrogen) atoms. The topological polar surface area (TPSA) is 95.6 Å². The van der Waals surface area contributed by atoms with Crippen molar-refractivity contribution in [1.29, 1.82) is 0 Å². The first-order valence-electron chi connectivity index (χ1n) is 9.18. The Kier molecular flexibility index (Phi) is 5.80. The van der Waals surface area contributed by atoms with Crippen LogP contribution >= 0.6 is 0 Å². The van der Waals surface area contributed by atoms with E-state index in [1.807, 2.05) is 0 Å². The van der Waals surface area contributed by atoms with Crippen LogP contribution in [0.2, 0.25) is 0 Å². The zero-order valence-electron chi connectivity index (χ0n) is 14.7. The first kappa shape index (κ1) is 18.7. The minimum atomic E-state index is -3.26. The van der Waals surface area contributed by atoms with Crippen molar-refractivity contribution < 1.29 is 18.0 Å². The minimum Gasteiger partial charge on any atom is -0.345 e. The molecule has 1 heterocycles. The molecular weight excluding hydrogens is 354 g/mol. The highest BCUT2D eigenvalue weighted by atomic mass is 32.2. The molecule has 142 valence electrons. The lowest BCUT2D eigenvalue weighted by molar-refractivity contribution is -0.136. The van der Waals surface area contributed by atoms with Crippen molar-refractivity contribution in [2.75, 3.05) is 21.9 Å². The third-order valence-electron chi connectivity index (χ3n) is 4.91. The molecular formula is C18H25N3O4S. The highest BCUT2D eigenvalue weighted by Gasteiger charge is 2.26. The van der Waals surface area contributed by atoms with Gasteiger partial charge in [-0.3, -0.25) is 13.9 Å². The first-order valence-corrected chi connectivity index (χ1v) is 10.8. The maximum absolute atomic E-state index is 12.1. The van der Waals surface area contributed by atoms with Gasteiger partial charge in [-0.15, -0.1) is 0 Å². The van der Waals surface area contributed by atoms with Gasteiger partial charge in [-0.05, 0) is 49.9 Å². The van der Waals surface area contributed by atoms with Crippen LogP contribution in [0.1, 0.15) is 44.9 Å². The first-order chi connectivity index (χ1) is 12.5. The number of amides is 2. The Hall–Kier alpha value is -2.09. The molecule has 7 nitrogen and oxygen atoms in total. The van der Waals surface area contributed by atoms with E-state index in [4.69, 9.17) is 0 Å². The van der Waals surface area contributed by atoms with Crippen molar-refractivity contribution in [3.8, 4) is 0 Å². The van der Waals surface area contributed by atoms with Crippen LogP contribution in [0.15, 0.2) is 24.3 Å². The van der Waals surface area contributed by atoms with Crippen LogP contribution < -0.4 is 14.9 Å². The van der Waals surface area contributed by atoms with Crippen molar-refractivity contribution in [2.24, 2.45) is 0 Å². The Morgan fingerprint density at radius 1 is 0.923 bits per heavy atom. The van der Waals surface area contributed by atoms with Crippen LogP contribution in [0.3, 0.4) is 0 Å². The van der Waals surface area contributed by atoms with Crippen molar-refractivity contribution in [3.63, 3.8) is 0 Å². The molecule has 0 spiro atoms. The molecule has 2 aliphatic rings. The Bertz CT molecular complexity index is 755. The molecule has 2 amide bonds. The van der Waals surface area contributed by atoms with Gasteiger partial charge in [0, 0.05) is 18.3 Å². The summed E-state index contributed by atoms with van der Waals surface area (Å²) >= 11 is 0. The maximum Gasteiger partial charge on any atom is 0.313 e.